The van der Waals surface area contributed by atoms with Crippen LogP contribution in [0, 0.1) is 13.8 Å². The molecular formula is C29H23Cl2N5OS. The number of halogens is 2. The van der Waals surface area contributed by atoms with Crippen molar-refractivity contribution in [3.05, 3.63) is 117 Å². The van der Waals surface area contributed by atoms with Gasteiger partial charge < -0.3 is 9.88 Å². The molecule has 1 amide bonds. The smallest absolute Gasteiger partial charge is 0.271 e. The highest BCUT2D eigenvalue weighted by Gasteiger charge is 2.11. The Kier molecular flexibility index (Phi) is 7.60. The summed E-state index contributed by atoms with van der Waals surface area (Å²) in [6.45, 7) is 4.02. The van der Waals surface area contributed by atoms with Gasteiger partial charge in [-0.05, 0) is 74.5 Å². The minimum Gasteiger partial charge on any atom is -0.332 e. The number of anilines is 2. The molecular weight excluding hydrogens is 537 g/mol. The molecule has 3 aromatic carbocycles. The molecule has 6 nitrogen and oxygen atoms in total. The first-order valence-corrected chi connectivity index (χ1v) is 13.4. The molecule has 0 aliphatic rings. The summed E-state index contributed by atoms with van der Waals surface area (Å²) in [6, 6.07) is 24.4. The molecule has 0 saturated carbocycles. The van der Waals surface area contributed by atoms with E-state index in [2.05, 4.69) is 25.4 Å². The first kappa shape index (κ1) is 25.7. The highest BCUT2D eigenvalue weighted by atomic mass is 35.5. The fraction of sp³-hybridized carbons (Fsp3) is 0.0690. The lowest BCUT2D eigenvalue weighted by atomic mass is 10.1. The summed E-state index contributed by atoms with van der Waals surface area (Å²) >= 11 is 13.6. The van der Waals surface area contributed by atoms with Gasteiger partial charge in [0.1, 0.15) is 0 Å². The zero-order valence-electron chi connectivity index (χ0n) is 20.6. The molecule has 2 N–H and O–H groups in total. The van der Waals surface area contributed by atoms with Crippen molar-refractivity contribution >= 4 is 57.5 Å². The van der Waals surface area contributed by atoms with Crippen LogP contribution in [0.15, 0.2) is 89.3 Å². The van der Waals surface area contributed by atoms with Gasteiger partial charge in [0.2, 0.25) is 0 Å². The van der Waals surface area contributed by atoms with Crippen molar-refractivity contribution in [2.75, 3.05) is 5.32 Å². The van der Waals surface area contributed by atoms with Crippen molar-refractivity contribution in [3.8, 4) is 16.9 Å². The van der Waals surface area contributed by atoms with Gasteiger partial charge in [0.25, 0.3) is 5.91 Å². The molecule has 2 heterocycles. The maximum atomic E-state index is 12.7. The minimum absolute atomic E-state index is 0.292. The van der Waals surface area contributed by atoms with Crippen molar-refractivity contribution in [2.24, 2.45) is 5.10 Å². The predicted molar refractivity (Wildman–Crippen MR) is 158 cm³/mol. The van der Waals surface area contributed by atoms with E-state index in [1.165, 1.54) is 11.3 Å². The number of benzene rings is 3. The van der Waals surface area contributed by atoms with Gasteiger partial charge in [-0.25, -0.2) is 10.4 Å². The Bertz CT molecular complexity index is 1620. The average molecular weight is 561 g/mol. The number of thiazole rings is 1. The van der Waals surface area contributed by atoms with E-state index < -0.39 is 0 Å². The zero-order valence-corrected chi connectivity index (χ0v) is 22.9. The van der Waals surface area contributed by atoms with Crippen LogP contribution >= 0.6 is 34.5 Å². The van der Waals surface area contributed by atoms with Gasteiger partial charge in [0.15, 0.2) is 5.13 Å². The Morgan fingerprint density at radius 3 is 2.47 bits per heavy atom. The zero-order chi connectivity index (χ0) is 26.6. The van der Waals surface area contributed by atoms with E-state index in [1.807, 2.05) is 86.0 Å². The molecule has 0 aliphatic carbocycles. The number of hydrazone groups is 1. The average Bonchev–Trinajstić information content (AvgIpc) is 3.49. The summed E-state index contributed by atoms with van der Waals surface area (Å²) < 4.78 is 2.10. The molecule has 0 bridgehead atoms. The fourth-order valence-corrected chi connectivity index (χ4v) is 5.12. The molecule has 0 atom stereocenters. The van der Waals surface area contributed by atoms with Crippen LogP contribution in [0.4, 0.5) is 10.8 Å². The number of aromatic nitrogens is 2. The van der Waals surface area contributed by atoms with Gasteiger partial charge in [0, 0.05) is 54.9 Å². The largest absolute Gasteiger partial charge is 0.332 e. The lowest BCUT2D eigenvalue weighted by molar-refractivity contribution is 0.0955. The van der Waals surface area contributed by atoms with Crippen LogP contribution in [0.5, 0.6) is 0 Å². The summed E-state index contributed by atoms with van der Waals surface area (Å²) in [7, 11) is 0. The van der Waals surface area contributed by atoms with Gasteiger partial charge in [0.05, 0.1) is 11.9 Å². The maximum absolute atomic E-state index is 12.7. The number of hydrogen-bond acceptors (Lipinski definition) is 5. The Morgan fingerprint density at radius 1 is 0.974 bits per heavy atom. The number of amides is 1. The third-order valence-corrected chi connectivity index (χ3v) is 7.19. The summed E-state index contributed by atoms with van der Waals surface area (Å²) in [6.07, 6.45) is 1.65. The predicted octanol–water partition coefficient (Wildman–Crippen LogP) is 8.03. The van der Waals surface area contributed by atoms with Crippen LogP contribution in [-0.2, 0) is 0 Å². The van der Waals surface area contributed by atoms with Crippen LogP contribution in [0.3, 0.4) is 0 Å². The quantitative estimate of drug-likeness (QED) is 0.156. The maximum Gasteiger partial charge on any atom is 0.271 e. The Balaban J connectivity index is 1.22. The van der Waals surface area contributed by atoms with E-state index in [-0.39, 0.29) is 5.91 Å². The standard InChI is InChI=1S/C29H23Cl2N5OS/c1-18-14-22(19(2)36(18)26-5-3-4-24(31)15-26)16-32-35-28(37)21-8-6-20(7-9-21)27-17-38-29(34-27)33-25-12-10-23(30)11-13-25/h3-17H,1-2H3,(H,33,34)(H,35,37)/b32-16-. The second kappa shape index (κ2) is 11.2. The first-order chi connectivity index (χ1) is 18.4. The molecule has 5 aromatic rings. The molecule has 2 aromatic heterocycles. The fourth-order valence-electron chi connectivity index (χ4n) is 4.07. The highest BCUT2D eigenvalue weighted by molar-refractivity contribution is 7.14. The van der Waals surface area contributed by atoms with E-state index in [0.29, 0.717) is 15.6 Å². The van der Waals surface area contributed by atoms with Crippen molar-refractivity contribution in [3.63, 3.8) is 0 Å². The van der Waals surface area contributed by atoms with E-state index in [9.17, 15) is 4.79 Å². The van der Waals surface area contributed by atoms with Gasteiger partial charge >= 0.3 is 0 Å². The van der Waals surface area contributed by atoms with Gasteiger partial charge in [-0.1, -0.05) is 41.4 Å². The van der Waals surface area contributed by atoms with Crippen molar-refractivity contribution in [1.29, 1.82) is 0 Å². The third-order valence-electron chi connectivity index (χ3n) is 5.95. The number of nitrogens with one attached hydrogen (secondary N) is 2. The molecule has 38 heavy (non-hydrogen) atoms. The van der Waals surface area contributed by atoms with Crippen LogP contribution in [0.1, 0.15) is 27.3 Å². The number of carbonyl (C=O) groups is 1. The summed E-state index contributed by atoms with van der Waals surface area (Å²) in [5.74, 6) is -0.292. The lowest BCUT2D eigenvalue weighted by Gasteiger charge is -2.09. The Morgan fingerprint density at radius 2 is 1.74 bits per heavy atom. The van der Waals surface area contributed by atoms with Crippen LogP contribution < -0.4 is 10.7 Å². The first-order valence-electron chi connectivity index (χ1n) is 11.7. The van der Waals surface area contributed by atoms with Crippen LogP contribution in [-0.4, -0.2) is 21.7 Å². The van der Waals surface area contributed by atoms with Crippen LogP contribution in [0.2, 0.25) is 10.0 Å². The summed E-state index contributed by atoms with van der Waals surface area (Å²) in [4.78, 5) is 17.3. The number of carbonyl (C=O) groups excluding carboxylic acids is 1. The van der Waals surface area contributed by atoms with Crippen molar-refractivity contribution in [1.82, 2.24) is 15.0 Å². The topological polar surface area (TPSA) is 71.3 Å². The van der Waals surface area contributed by atoms with Crippen LogP contribution in [0.25, 0.3) is 16.9 Å². The molecule has 9 heteroatoms. The SMILES string of the molecule is Cc1cc(/C=N\NC(=O)c2ccc(-c3csc(Nc4ccc(Cl)cc4)n3)cc2)c(C)n1-c1cccc(Cl)c1. The van der Waals surface area contributed by atoms with E-state index in [4.69, 9.17) is 23.2 Å². The molecule has 0 fully saturated rings. The van der Waals surface area contributed by atoms with E-state index >= 15 is 0 Å². The highest BCUT2D eigenvalue weighted by Crippen LogP contribution is 2.28. The van der Waals surface area contributed by atoms with E-state index in [1.54, 1.807) is 18.3 Å². The normalized spacial score (nSPS) is 11.2. The van der Waals surface area contributed by atoms with Crippen molar-refractivity contribution < 1.29 is 4.79 Å². The number of rotatable bonds is 7. The molecule has 0 unspecified atom stereocenters. The van der Waals surface area contributed by atoms with Gasteiger partial charge in [-0.15, -0.1) is 11.3 Å². The van der Waals surface area contributed by atoms with Crippen molar-refractivity contribution in [2.45, 2.75) is 13.8 Å². The second-order valence-corrected chi connectivity index (χ2v) is 10.3. The number of aryl methyl sites for hydroxylation is 1. The number of hydrogen-bond donors (Lipinski definition) is 2. The van der Waals surface area contributed by atoms with E-state index in [0.717, 1.165) is 44.7 Å². The monoisotopic (exact) mass is 559 g/mol. The molecule has 0 aliphatic heterocycles. The second-order valence-electron chi connectivity index (χ2n) is 8.59. The van der Waals surface area contributed by atoms with Gasteiger partial charge in [-0.3, -0.25) is 4.79 Å². The molecule has 5 rings (SSSR count). The molecule has 0 radical (unpaired) electrons. The minimum atomic E-state index is -0.292. The summed E-state index contributed by atoms with van der Waals surface area (Å²) in [5.41, 5.74) is 9.70. The summed E-state index contributed by atoms with van der Waals surface area (Å²) in [5, 5.41) is 11.6. The molecule has 190 valence electrons. The lowest BCUT2D eigenvalue weighted by Crippen LogP contribution is -2.17. The van der Waals surface area contributed by atoms with Gasteiger partial charge in [-0.2, -0.15) is 5.10 Å². The molecule has 0 spiro atoms. The Labute approximate surface area is 234 Å². The Hall–Kier alpha value is -3.91. The number of nitrogens with zero attached hydrogens (tertiary/aromatic N) is 3. The third kappa shape index (κ3) is 5.81. The molecule has 0 saturated heterocycles.